The molecule has 0 saturated carbocycles. The topological polar surface area (TPSA) is 57.6 Å². The number of nitrogens with zero attached hydrogens (tertiary/aromatic N) is 1. The highest BCUT2D eigenvalue weighted by atomic mass is 35.5. The lowest BCUT2D eigenvalue weighted by atomic mass is 9.91. The first-order valence-electron chi connectivity index (χ1n) is 7.38. The zero-order valence-corrected chi connectivity index (χ0v) is 13.1. The minimum atomic E-state index is -0.980. The fraction of sp³-hybridized carbons (Fsp3) is 0.222. The Morgan fingerprint density at radius 1 is 1.13 bits per heavy atom. The van der Waals surface area contributed by atoms with Crippen molar-refractivity contribution in [1.82, 2.24) is 4.90 Å². The first-order chi connectivity index (χ1) is 11.1. The summed E-state index contributed by atoms with van der Waals surface area (Å²) in [5.74, 6) is -1.48. The highest BCUT2D eigenvalue weighted by molar-refractivity contribution is 6.30. The Kier molecular flexibility index (Phi) is 4.35. The van der Waals surface area contributed by atoms with Crippen molar-refractivity contribution < 1.29 is 14.7 Å². The van der Waals surface area contributed by atoms with Crippen LogP contribution < -0.4 is 0 Å². The van der Waals surface area contributed by atoms with E-state index in [-0.39, 0.29) is 18.2 Å². The molecule has 0 radical (unpaired) electrons. The number of halogens is 1. The monoisotopic (exact) mass is 329 g/mol. The van der Waals surface area contributed by atoms with Gasteiger partial charge in [-0.15, -0.1) is 0 Å². The third-order valence-corrected chi connectivity index (χ3v) is 4.43. The number of benzene rings is 2. The van der Waals surface area contributed by atoms with Gasteiger partial charge in [0.1, 0.15) is 6.04 Å². The molecule has 4 nitrogen and oxygen atoms in total. The van der Waals surface area contributed by atoms with Crippen molar-refractivity contribution in [2.45, 2.75) is 24.9 Å². The largest absolute Gasteiger partial charge is 0.480 e. The van der Waals surface area contributed by atoms with E-state index in [0.29, 0.717) is 11.6 Å². The molecular weight excluding hydrogens is 314 g/mol. The van der Waals surface area contributed by atoms with Crippen LogP contribution in [0.3, 0.4) is 0 Å². The lowest BCUT2D eigenvalue weighted by molar-refractivity contribution is -0.146. The van der Waals surface area contributed by atoms with Gasteiger partial charge in [0.05, 0.1) is 0 Å². The number of amides is 1. The van der Waals surface area contributed by atoms with Crippen LogP contribution in [0.15, 0.2) is 54.6 Å². The van der Waals surface area contributed by atoms with Gasteiger partial charge in [-0.3, -0.25) is 4.79 Å². The maximum Gasteiger partial charge on any atom is 0.327 e. The van der Waals surface area contributed by atoms with Crippen LogP contribution in [-0.4, -0.2) is 27.9 Å². The summed E-state index contributed by atoms with van der Waals surface area (Å²) in [6.07, 6.45) is 0.200. The van der Waals surface area contributed by atoms with Gasteiger partial charge in [-0.25, -0.2) is 4.79 Å². The summed E-state index contributed by atoms with van der Waals surface area (Å²) >= 11 is 5.89. The molecule has 1 N–H and O–H groups in total. The van der Waals surface area contributed by atoms with E-state index < -0.39 is 12.0 Å². The molecule has 1 heterocycles. The summed E-state index contributed by atoms with van der Waals surface area (Å²) in [4.78, 5) is 25.6. The van der Waals surface area contributed by atoms with Crippen LogP contribution in [-0.2, 0) is 16.1 Å². The van der Waals surface area contributed by atoms with Gasteiger partial charge < -0.3 is 10.0 Å². The number of carboxylic acid groups (broad SMARTS) is 1. The predicted octanol–water partition coefficient (Wildman–Crippen LogP) is 3.31. The number of hydrogen-bond donors (Lipinski definition) is 1. The second-order valence-corrected chi connectivity index (χ2v) is 6.09. The summed E-state index contributed by atoms with van der Waals surface area (Å²) in [6, 6.07) is 15.6. The standard InChI is InChI=1S/C18H16ClNO3/c19-14-8-6-13(7-9-14)15-10-16(21)20(17(15)18(22)23)11-12-4-2-1-3-5-12/h1-9,15,17H,10-11H2,(H,22,23)/t15-,17+/m1/s1. The molecule has 2 aromatic rings. The van der Waals surface area contributed by atoms with Crippen LogP contribution in [0.4, 0.5) is 0 Å². The number of rotatable bonds is 4. The Morgan fingerprint density at radius 2 is 1.78 bits per heavy atom. The first-order valence-corrected chi connectivity index (χ1v) is 7.75. The molecule has 0 bridgehead atoms. The molecule has 0 spiro atoms. The van der Waals surface area contributed by atoms with Crippen molar-refractivity contribution in [2.75, 3.05) is 0 Å². The van der Waals surface area contributed by atoms with Gasteiger partial charge in [-0.05, 0) is 23.3 Å². The van der Waals surface area contributed by atoms with E-state index in [9.17, 15) is 14.7 Å². The van der Waals surface area contributed by atoms with E-state index in [1.807, 2.05) is 30.3 Å². The van der Waals surface area contributed by atoms with Crippen molar-refractivity contribution in [3.8, 4) is 0 Å². The minimum absolute atomic E-state index is 0.138. The molecule has 0 aromatic heterocycles. The van der Waals surface area contributed by atoms with Crippen LogP contribution in [0, 0.1) is 0 Å². The molecule has 3 rings (SSSR count). The van der Waals surface area contributed by atoms with Gasteiger partial charge >= 0.3 is 5.97 Å². The highest BCUT2D eigenvalue weighted by Gasteiger charge is 2.44. The summed E-state index contributed by atoms with van der Waals surface area (Å²) in [6.45, 7) is 0.306. The normalized spacial score (nSPS) is 20.7. The number of hydrogen-bond acceptors (Lipinski definition) is 2. The molecule has 1 aliphatic rings. The summed E-state index contributed by atoms with van der Waals surface area (Å²) in [5, 5.41) is 10.2. The predicted molar refractivity (Wildman–Crippen MR) is 87.2 cm³/mol. The fourth-order valence-electron chi connectivity index (χ4n) is 3.07. The van der Waals surface area contributed by atoms with E-state index in [0.717, 1.165) is 11.1 Å². The Morgan fingerprint density at radius 3 is 2.39 bits per heavy atom. The third-order valence-electron chi connectivity index (χ3n) is 4.18. The SMILES string of the molecule is O=C(O)[C@@H]1[C@@H](c2ccc(Cl)cc2)CC(=O)N1Cc1ccccc1. The second kappa shape index (κ2) is 6.42. The average molecular weight is 330 g/mol. The van der Waals surface area contributed by atoms with Crippen LogP contribution >= 0.6 is 11.6 Å². The van der Waals surface area contributed by atoms with Crippen molar-refractivity contribution in [3.63, 3.8) is 0 Å². The molecule has 1 amide bonds. The Hall–Kier alpha value is -2.33. The zero-order chi connectivity index (χ0) is 16.4. The second-order valence-electron chi connectivity index (χ2n) is 5.65. The van der Waals surface area contributed by atoms with E-state index >= 15 is 0 Å². The molecule has 118 valence electrons. The molecule has 23 heavy (non-hydrogen) atoms. The molecule has 2 atom stereocenters. The Balaban J connectivity index is 1.90. The van der Waals surface area contributed by atoms with Gasteiger partial charge in [-0.2, -0.15) is 0 Å². The van der Waals surface area contributed by atoms with Crippen molar-refractivity contribution in [2.24, 2.45) is 0 Å². The third kappa shape index (κ3) is 3.22. The van der Waals surface area contributed by atoms with Crippen LogP contribution in [0.5, 0.6) is 0 Å². The summed E-state index contributed by atoms with van der Waals surface area (Å²) in [5.41, 5.74) is 1.74. The molecule has 5 heteroatoms. The van der Waals surface area contributed by atoms with Crippen molar-refractivity contribution in [1.29, 1.82) is 0 Å². The van der Waals surface area contributed by atoms with Gasteiger partial charge in [0.25, 0.3) is 0 Å². The number of carbonyl (C=O) groups excluding carboxylic acids is 1. The van der Waals surface area contributed by atoms with Crippen LogP contribution in [0.1, 0.15) is 23.5 Å². The smallest absolute Gasteiger partial charge is 0.327 e. The molecule has 0 unspecified atom stereocenters. The number of carboxylic acids is 1. The Bertz CT molecular complexity index is 715. The Labute approximate surface area is 139 Å². The molecule has 0 aliphatic carbocycles. The molecule has 1 saturated heterocycles. The van der Waals surface area contributed by atoms with E-state index in [1.54, 1.807) is 24.3 Å². The maximum absolute atomic E-state index is 12.4. The maximum atomic E-state index is 12.4. The molecular formula is C18H16ClNO3. The fourth-order valence-corrected chi connectivity index (χ4v) is 3.20. The molecule has 1 aliphatic heterocycles. The van der Waals surface area contributed by atoms with Gasteiger partial charge in [0, 0.05) is 23.9 Å². The van der Waals surface area contributed by atoms with Gasteiger partial charge in [0.2, 0.25) is 5.91 Å². The van der Waals surface area contributed by atoms with Crippen LogP contribution in [0.2, 0.25) is 5.02 Å². The lowest BCUT2D eigenvalue weighted by Crippen LogP contribution is -2.40. The van der Waals surface area contributed by atoms with Gasteiger partial charge in [0.15, 0.2) is 0 Å². The van der Waals surface area contributed by atoms with Crippen molar-refractivity contribution in [3.05, 3.63) is 70.7 Å². The minimum Gasteiger partial charge on any atom is -0.480 e. The van der Waals surface area contributed by atoms with Gasteiger partial charge in [-0.1, -0.05) is 54.1 Å². The highest BCUT2D eigenvalue weighted by Crippen LogP contribution is 2.36. The van der Waals surface area contributed by atoms with E-state index in [1.165, 1.54) is 4.90 Å². The summed E-state index contributed by atoms with van der Waals surface area (Å²) in [7, 11) is 0. The zero-order valence-electron chi connectivity index (χ0n) is 12.4. The molecule has 1 fully saturated rings. The average Bonchev–Trinajstić information content (AvgIpc) is 2.86. The van der Waals surface area contributed by atoms with Crippen LogP contribution in [0.25, 0.3) is 0 Å². The number of likely N-dealkylation sites (tertiary alicyclic amines) is 1. The first kappa shape index (κ1) is 15.6. The summed E-state index contributed by atoms with van der Waals surface area (Å²) < 4.78 is 0. The number of aliphatic carboxylic acids is 1. The number of carbonyl (C=O) groups is 2. The quantitative estimate of drug-likeness (QED) is 0.936. The van der Waals surface area contributed by atoms with E-state index in [2.05, 4.69) is 0 Å². The van der Waals surface area contributed by atoms with E-state index in [4.69, 9.17) is 11.6 Å². The lowest BCUT2D eigenvalue weighted by Gasteiger charge is -2.25. The van der Waals surface area contributed by atoms with Crippen molar-refractivity contribution >= 4 is 23.5 Å². The molecule has 2 aromatic carbocycles.